The summed E-state index contributed by atoms with van der Waals surface area (Å²) in [5.41, 5.74) is 2.46. The molecule has 5 heteroatoms. The fourth-order valence-corrected chi connectivity index (χ4v) is 2.27. The molecule has 0 fully saturated rings. The van der Waals surface area contributed by atoms with Crippen LogP contribution in [-0.2, 0) is 11.3 Å². The lowest BCUT2D eigenvalue weighted by Crippen LogP contribution is -2.06. The molecule has 0 saturated carbocycles. The van der Waals surface area contributed by atoms with Crippen LogP contribution in [-0.4, -0.2) is 12.6 Å². The Hall–Kier alpha value is -1.52. The number of carbonyl (C=O) groups is 1. The SMILES string of the molecule is CCOC(=O)c1cccc(NCc2ccc(Br)c(Cl)c2)c1. The zero-order chi connectivity index (χ0) is 15.2. The largest absolute Gasteiger partial charge is 0.462 e. The summed E-state index contributed by atoms with van der Waals surface area (Å²) in [6, 6.07) is 13.0. The minimum Gasteiger partial charge on any atom is -0.462 e. The van der Waals surface area contributed by atoms with E-state index in [2.05, 4.69) is 21.2 Å². The molecule has 0 aliphatic carbocycles. The Kier molecular flexibility index (Phi) is 5.65. The van der Waals surface area contributed by atoms with E-state index in [1.807, 2.05) is 30.3 Å². The number of benzene rings is 2. The number of rotatable bonds is 5. The lowest BCUT2D eigenvalue weighted by atomic mass is 10.2. The fourth-order valence-electron chi connectivity index (χ4n) is 1.82. The summed E-state index contributed by atoms with van der Waals surface area (Å²) in [6.07, 6.45) is 0. The highest BCUT2D eigenvalue weighted by Crippen LogP contribution is 2.23. The normalized spacial score (nSPS) is 10.2. The molecule has 3 nitrogen and oxygen atoms in total. The summed E-state index contributed by atoms with van der Waals surface area (Å²) in [7, 11) is 0. The van der Waals surface area contributed by atoms with Gasteiger partial charge in [-0.1, -0.05) is 23.7 Å². The number of hydrogen-bond acceptors (Lipinski definition) is 3. The number of carbonyl (C=O) groups excluding carboxylic acids is 1. The molecule has 0 saturated heterocycles. The lowest BCUT2D eigenvalue weighted by molar-refractivity contribution is 0.0526. The Morgan fingerprint density at radius 1 is 1.29 bits per heavy atom. The van der Waals surface area contributed by atoms with Crippen LogP contribution in [0.15, 0.2) is 46.9 Å². The predicted octanol–water partition coefficient (Wildman–Crippen LogP) is 4.89. The van der Waals surface area contributed by atoms with E-state index in [9.17, 15) is 4.79 Å². The topological polar surface area (TPSA) is 38.3 Å². The fraction of sp³-hybridized carbons (Fsp3) is 0.188. The van der Waals surface area contributed by atoms with Crippen LogP contribution in [0.1, 0.15) is 22.8 Å². The smallest absolute Gasteiger partial charge is 0.338 e. The monoisotopic (exact) mass is 367 g/mol. The van der Waals surface area contributed by atoms with E-state index >= 15 is 0 Å². The van der Waals surface area contributed by atoms with Crippen LogP contribution < -0.4 is 5.32 Å². The van der Waals surface area contributed by atoms with Crippen LogP contribution in [0.3, 0.4) is 0 Å². The van der Waals surface area contributed by atoms with Gasteiger partial charge in [-0.3, -0.25) is 0 Å². The second kappa shape index (κ2) is 7.48. The molecule has 2 aromatic rings. The van der Waals surface area contributed by atoms with Gasteiger partial charge in [-0.15, -0.1) is 0 Å². The van der Waals surface area contributed by atoms with Gasteiger partial charge in [-0.05, 0) is 58.7 Å². The van der Waals surface area contributed by atoms with Gasteiger partial charge in [-0.2, -0.15) is 0 Å². The van der Waals surface area contributed by atoms with Crippen molar-refractivity contribution in [2.75, 3.05) is 11.9 Å². The highest BCUT2D eigenvalue weighted by atomic mass is 79.9. The molecule has 0 aliphatic rings. The summed E-state index contributed by atoms with van der Waals surface area (Å²) in [4.78, 5) is 11.7. The maximum atomic E-state index is 11.7. The predicted molar refractivity (Wildman–Crippen MR) is 88.9 cm³/mol. The van der Waals surface area contributed by atoms with E-state index in [4.69, 9.17) is 16.3 Å². The molecule has 0 radical (unpaired) electrons. The van der Waals surface area contributed by atoms with E-state index in [1.54, 1.807) is 19.1 Å². The quantitative estimate of drug-likeness (QED) is 0.764. The van der Waals surface area contributed by atoms with Crippen LogP contribution in [0.2, 0.25) is 5.02 Å². The molecule has 0 aliphatic heterocycles. The second-order valence-electron chi connectivity index (χ2n) is 4.40. The van der Waals surface area contributed by atoms with E-state index in [-0.39, 0.29) is 5.97 Å². The van der Waals surface area contributed by atoms with Crippen molar-refractivity contribution in [3.05, 3.63) is 63.1 Å². The van der Waals surface area contributed by atoms with Crippen molar-refractivity contribution in [2.24, 2.45) is 0 Å². The Morgan fingerprint density at radius 2 is 2.10 bits per heavy atom. The van der Waals surface area contributed by atoms with Gasteiger partial charge < -0.3 is 10.1 Å². The van der Waals surface area contributed by atoms with Gasteiger partial charge >= 0.3 is 5.97 Å². The Labute approximate surface area is 137 Å². The molecule has 0 amide bonds. The number of nitrogens with one attached hydrogen (secondary N) is 1. The number of ether oxygens (including phenoxy) is 1. The Morgan fingerprint density at radius 3 is 2.81 bits per heavy atom. The van der Waals surface area contributed by atoms with Gasteiger partial charge in [0.2, 0.25) is 0 Å². The third kappa shape index (κ3) is 4.48. The average molecular weight is 369 g/mol. The summed E-state index contributed by atoms with van der Waals surface area (Å²) >= 11 is 9.42. The molecule has 2 rings (SSSR count). The first-order valence-corrected chi connectivity index (χ1v) is 7.72. The van der Waals surface area contributed by atoms with Gasteiger partial charge in [0.25, 0.3) is 0 Å². The molecule has 0 atom stereocenters. The molecule has 0 unspecified atom stereocenters. The van der Waals surface area contributed by atoms with E-state index in [0.717, 1.165) is 15.7 Å². The van der Waals surface area contributed by atoms with Gasteiger partial charge in [0.15, 0.2) is 0 Å². The van der Waals surface area contributed by atoms with Crippen molar-refractivity contribution >= 4 is 39.2 Å². The van der Waals surface area contributed by atoms with Crippen molar-refractivity contribution in [3.63, 3.8) is 0 Å². The zero-order valence-electron chi connectivity index (χ0n) is 11.5. The molecule has 0 heterocycles. The molecule has 0 bridgehead atoms. The zero-order valence-corrected chi connectivity index (χ0v) is 13.9. The molecule has 0 aromatic heterocycles. The standard InChI is InChI=1S/C16H15BrClNO2/c1-2-21-16(20)12-4-3-5-13(9-12)19-10-11-6-7-14(17)15(18)8-11/h3-9,19H,2,10H2,1H3. The van der Waals surface area contributed by atoms with Crippen molar-refractivity contribution in [2.45, 2.75) is 13.5 Å². The molecule has 0 spiro atoms. The van der Waals surface area contributed by atoms with Crippen molar-refractivity contribution in [1.82, 2.24) is 0 Å². The van der Waals surface area contributed by atoms with Gasteiger partial charge in [0, 0.05) is 16.7 Å². The first kappa shape index (κ1) is 15.9. The van der Waals surface area contributed by atoms with Crippen LogP contribution in [0.5, 0.6) is 0 Å². The molecule has 110 valence electrons. The summed E-state index contributed by atoms with van der Waals surface area (Å²) < 4.78 is 5.86. The maximum Gasteiger partial charge on any atom is 0.338 e. The Bertz CT molecular complexity index is 646. The summed E-state index contributed by atoms with van der Waals surface area (Å²) in [5.74, 6) is -0.312. The molecule has 1 N–H and O–H groups in total. The van der Waals surface area contributed by atoms with Crippen LogP contribution in [0, 0.1) is 0 Å². The second-order valence-corrected chi connectivity index (χ2v) is 5.66. The number of hydrogen-bond donors (Lipinski definition) is 1. The molecule has 21 heavy (non-hydrogen) atoms. The summed E-state index contributed by atoms with van der Waals surface area (Å²) in [5, 5.41) is 3.94. The third-order valence-electron chi connectivity index (χ3n) is 2.85. The molecule has 2 aromatic carbocycles. The maximum absolute atomic E-state index is 11.7. The van der Waals surface area contributed by atoms with Crippen LogP contribution in [0.4, 0.5) is 5.69 Å². The van der Waals surface area contributed by atoms with E-state index < -0.39 is 0 Å². The minimum absolute atomic E-state index is 0.312. The van der Waals surface area contributed by atoms with Gasteiger partial charge in [0.05, 0.1) is 17.2 Å². The number of anilines is 1. The van der Waals surface area contributed by atoms with Crippen LogP contribution in [0.25, 0.3) is 0 Å². The van der Waals surface area contributed by atoms with Crippen LogP contribution >= 0.6 is 27.5 Å². The highest BCUT2D eigenvalue weighted by Gasteiger charge is 2.06. The number of esters is 1. The molecular formula is C16H15BrClNO2. The van der Waals surface area contributed by atoms with Gasteiger partial charge in [0.1, 0.15) is 0 Å². The lowest BCUT2D eigenvalue weighted by Gasteiger charge is -2.09. The van der Waals surface area contributed by atoms with Crippen molar-refractivity contribution in [1.29, 1.82) is 0 Å². The van der Waals surface area contributed by atoms with Gasteiger partial charge in [-0.25, -0.2) is 4.79 Å². The molecular weight excluding hydrogens is 354 g/mol. The van der Waals surface area contributed by atoms with E-state index in [0.29, 0.717) is 23.7 Å². The first-order chi connectivity index (χ1) is 10.1. The third-order valence-corrected chi connectivity index (χ3v) is 4.09. The summed E-state index contributed by atoms with van der Waals surface area (Å²) in [6.45, 7) is 2.78. The minimum atomic E-state index is -0.312. The van der Waals surface area contributed by atoms with Crippen molar-refractivity contribution in [3.8, 4) is 0 Å². The number of halogens is 2. The average Bonchev–Trinajstić information content (AvgIpc) is 2.49. The van der Waals surface area contributed by atoms with E-state index in [1.165, 1.54) is 0 Å². The first-order valence-electron chi connectivity index (χ1n) is 6.55. The Balaban J connectivity index is 2.04. The highest BCUT2D eigenvalue weighted by molar-refractivity contribution is 9.10. The van der Waals surface area contributed by atoms with Crippen molar-refractivity contribution < 1.29 is 9.53 Å².